The predicted molar refractivity (Wildman–Crippen MR) is 79.0 cm³/mol. The minimum absolute atomic E-state index is 0.322. The van der Waals surface area contributed by atoms with Crippen molar-refractivity contribution in [1.29, 1.82) is 0 Å². The molecule has 2 aromatic heterocycles. The van der Waals surface area contributed by atoms with Crippen LogP contribution in [0.15, 0.2) is 22.7 Å². The molecule has 0 bridgehead atoms. The standard InChI is InChI=1S/C15H15ClFN3O/c1-8(16)15-18-14-12(17)5-4-6-13(14)20(15)7-11-9(2)19-21-10(11)3/h4-6,8H,7H2,1-3H3. The van der Waals surface area contributed by atoms with Crippen LogP contribution in [0.4, 0.5) is 4.39 Å². The van der Waals surface area contributed by atoms with E-state index in [0.717, 1.165) is 22.5 Å². The number of halogens is 2. The summed E-state index contributed by atoms with van der Waals surface area (Å²) in [5.41, 5.74) is 2.85. The third-order valence-corrected chi connectivity index (χ3v) is 3.81. The molecule has 2 heterocycles. The van der Waals surface area contributed by atoms with Crippen molar-refractivity contribution in [2.75, 3.05) is 0 Å². The molecule has 0 amide bonds. The van der Waals surface area contributed by atoms with Gasteiger partial charge in [-0.3, -0.25) is 0 Å². The van der Waals surface area contributed by atoms with Crippen molar-refractivity contribution in [2.45, 2.75) is 32.7 Å². The maximum atomic E-state index is 13.9. The number of nitrogens with zero attached hydrogens (tertiary/aromatic N) is 3. The fourth-order valence-electron chi connectivity index (χ4n) is 2.49. The molecule has 1 unspecified atom stereocenters. The Morgan fingerprint density at radius 1 is 1.38 bits per heavy atom. The van der Waals surface area contributed by atoms with E-state index in [2.05, 4.69) is 10.1 Å². The second-order valence-electron chi connectivity index (χ2n) is 5.08. The van der Waals surface area contributed by atoms with E-state index in [9.17, 15) is 4.39 Å². The van der Waals surface area contributed by atoms with Crippen LogP contribution in [-0.2, 0) is 6.54 Å². The average molecular weight is 308 g/mol. The van der Waals surface area contributed by atoms with Crippen LogP contribution in [0.5, 0.6) is 0 Å². The topological polar surface area (TPSA) is 43.9 Å². The van der Waals surface area contributed by atoms with Crippen molar-refractivity contribution >= 4 is 22.6 Å². The van der Waals surface area contributed by atoms with Gasteiger partial charge in [-0.1, -0.05) is 11.2 Å². The average Bonchev–Trinajstić information content (AvgIpc) is 2.96. The summed E-state index contributed by atoms with van der Waals surface area (Å²) in [6, 6.07) is 4.91. The lowest BCUT2D eigenvalue weighted by atomic mass is 10.2. The summed E-state index contributed by atoms with van der Waals surface area (Å²) >= 11 is 6.21. The minimum Gasteiger partial charge on any atom is -0.361 e. The molecule has 0 radical (unpaired) electrons. The first-order chi connectivity index (χ1) is 9.99. The van der Waals surface area contributed by atoms with Gasteiger partial charge in [0.25, 0.3) is 0 Å². The van der Waals surface area contributed by atoms with E-state index in [-0.39, 0.29) is 11.2 Å². The number of benzene rings is 1. The van der Waals surface area contributed by atoms with Crippen LogP contribution in [-0.4, -0.2) is 14.7 Å². The largest absolute Gasteiger partial charge is 0.361 e. The van der Waals surface area contributed by atoms with Gasteiger partial charge in [-0.15, -0.1) is 11.6 Å². The van der Waals surface area contributed by atoms with Crippen LogP contribution in [0.2, 0.25) is 0 Å². The fourth-order valence-corrected chi connectivity index (χ4v) is 2.65. The Bertz CT molecular complexity index is 787. The lowest BCUT2D eigenvalue weighted by Gasteiger charge is -2.10. The number of imidazole rings is 1. The number of aromatic nitrogens is 3. The van der Waals surface area contributed by atoms with Crippen LogP contribution < -0.4 is 0 Å². The van der Waals surface area contributed by atoms with Gasteiger partial charge in [-0.2, -0.15) is 0 Å². The number of rotatable bonds is 3. The predicted octanol–water partition coefficient (Wildman–Crippen LogP) is 4.13. The van der Waals surface area contributed by atoms with Crippen molar-refractivity contribution < 1.29 is 8.91 Å². The van der Waals surface area contributed by atoms with Crippen LogP contribution >= 0.6 is 11.6 Å². The smallest absolute Gasteiger partial charge is 0.151 e. The molecule has 0 aliphatic carbocycles. The van der Waals surface area contributed by atoms with E-state index < -0.39 is 0 Å². The van der Waals surface area contributed by atoms with Crippen molar-refractivity contribution in [3.05, 3.63) is 46.9 Å². The molecule has 0 saturated heterocycles. The normalized spacial score (nSPS) is 13.0. The highest BCUT2D eigenvalue weighted by molar-refractivity contribution is 6.20. The van der Waals surface area contributed by atoms with E-state index in [1.54, 1.807) is 6.07 Å². The zero-order valence-electron chi connectivity index (χ0n) is 12.0. The highest BCUT2D eigenvalue weighted by Gasteiger charge is 2.19. The second-order valence-corrected chi connectivity index (χ2v) is 5.74. The second kappa shape index (κ2) is 5.15. The Labute approximate surface area is 126 Å². The van der Waals surface area contributed by atoms with Gasteiger partial charge in [0.2, 0.25) is 0 Å². The molecule has 6 heteroatoms. The maximum absolute atomic E-state index is 13.9. The molecule has 3 rings (SSSR count). The zero-order chi connectivity index (χ0) is 15.1. The highest BCUT2D eigenvalue weighted by atomic mass is 35.5. The van der Waals surface area contributed by atoms with Crippen molar-refractivity contribution in [3.63, 3.8) is 0 Å². The van der Waals surface area contributed by atoms with Gasteiger partial charge >= 0.3 is 0 Å². The molecule has 1 aromatic carbocycles. The van der Waals surface area contributed by atoms with Crippen LogP contribution in [0.1, 0.15) is 35.1 Å². The molecule has 0 N–H and O–H groups in total. The van der Waals surface area contributed by atoms with Crippen LogP contribution in [0.3, 0.4) is 0 Å². The minimum atomic E-state index is -0.344. The molecule has 1 atom stereocenters. The molecule has 110 valence electrons. The van der Waals surface area contributed by atoms with Gasteiger partial charge in [0, 0.05) is 5.56 Å². The van der Waals surface area contributed by atoms with Crippen molar-refractivity contribution in [1.82, 2.24) is 14.7 Å². The summed E-state index contributed by atoms with van der Waals surface area (Å²) < 4.78 is 21.0. The summed E-state index contributed by atoms with van der Waals surface area (Å²) in [7, 11) is 0. The Kier molecular flexibility index (Phi) is 3.45. The van der Waals surface area contributed by atoms with Crippen molar-refractivity contribution in [2.24, 2.45) is 0 Å². The van der Waals surface area contributed by atoms with Gasteiger partial charge in [0.1, 0.15) is 17.1 Å². The number of hydrogen-bond donors (Lipinski definition) is 0. The Morgan fingerprint density at radius 3 is 2.76 bits per heavy atom. The summed E-state index contributed by atoms with van der Waals surface area (Å²) in [5, 5.41) is 3.63. The quantitative estimate of drug-likeness (QED) is 0.683. The molecule has 0 spiro atoms. The Morgan fingerprint density at radius 2 is 2.14 bits per heavy atom. The third-order valence-electron chi connectivity index (χ3n) is 3.61. The lowest BCUT2D eigenvalue weighted by molar-refractivity contribution is 0.392. The van der Waals surface area contributed by atoms with Gasteiger partial charge in [0.05, 0.1) is 23.1 Å². The molecule has 0 aliphatic rings. The summed E-state index contributed by atoms with van der Waals surface area (Å²) in [4.78, 5) is 4.36. The molecule has 21 heavy (non-hydrogen) atoms. The lowest BCUT2D eigenvalue weighted by Crippen LogP contribution is -2.07. The van der Waals surface area contributed by atoms with E-state index in [1.807, 2.05) is 31.4 Å². The summed E-state index contributed by atoms with van der Waals surface area (Å²) in [5.74, 6) is 1.04. The maximum Gasteiger partial charge on any atom is 0.151 e. The Balaban J connectivity index is 2.21. The molecule has 4 nitrogen and oxygen atoms in total. The molecule has 0 aliphatic heterocycles. The van der Waals surface area contributed by atoms with Gasteiger partial charge < -0.3 is 9.09 Å². The zero-order valence-corrected chi connectivity index (χ0v) is 12.8. The van der Waals surface area contributed by atoms with Crippen LogP contribution in [0.25, 0.3) is 11.0 Å². The summed E-state index contributed by atoms with van der Waals surface area (Å²) in [6.07, 6.45) is 0. The first-order valence-corrected chi connectivity index (χ1v) is 7.13. The number of para-hydroxylation sites is 1. The first-order valence-electron chi connectivity index (χ1n) is 6.69. The number of alkyl halides is 1. The molecular formula is C15H15ClFN3O. The number of aryl methyl sites for hydroxylation is 2. The molecule has 0 saturated carbocycles. The fraction of sp³-hybridized carbons (Fsp3) is 0.333. The monoisotopic (exact) mass is 307 g/mol. The van der Waals surface area contributed by atoms with E-state index >= 15 is 0 Å². The third kappa shape index (κ3) is 2.31. The van der Waals surface area contributed by atoms with E-state index in [4.69, 9.17) is 16.1 Å². The molecule has 3 aromatic rings. The molecular weight excluding hydrogens is 293 g/mol. The van der Waals surface area contributed by atoms with E-state index in [0.29, 0.717) is 17.9 Å². The van der Waals surface area contributed by atoms with E-state index in [1.165, 1.54) is 6.07 Å². The summed E-state index contributed by atoms with van der Waals surface area (Å²) in [6.45, 7) is 6.08. The molecule has 0 fully saturated rings. The highest BCUT2D eigenvalue weighted by Crippen LogP contribution is 2.28. The van der Waals surface area contributed by atoms with Gasteiger partial charge in [-0.25, -0.2) is 9.37 Å². The Hall–Kier alpha value is -1.88. The number of hydrogen-bond acceptors (Lipinski definition) is 3. The van der Waals surface area contributed by atoms with Gasteiger partial charge in [-0.05, 0) is 32.9 Å². The van der Waals surface area contributed by atoms with Crippen LogP contribution in [0, 0.1) is 19.7 Å². The van der Waals surface area contributed by atoms with Gasteiger partial charge in [0.15, 0.2) is 5.82 Å². The SMILES string of the molecule is Cc1noc(C)c1Cn1c(C(C)Cl)nc2c(F)cccc21. The first kappa shape index (κ1) is 14.1. The van der Waals surface area contributed by atoms with Crippen molar-refractivity contribution in [3.8, 4) is 0 Å². The number of fused-ring (bicyclic) bond motifs is 1.